The number of amides is 3. The lowest BCUT2D eigenvalue weighted by Crippen LogP contribution is -2.52. The molecule has 1 heterocycles. The van der Waals surface area contributed by atoms with Crippen LogP contribution in [0.5, 0.6) is 11.5 Å². The fourth-order valence-corrected chi connectivity index (χ4v) is 5.74. The van der Waals surface area contributed by atoms with Gasteiger partial charge in [0, 0.05) is 25.2 Å². The van der Waals surface area contributed by atoms with E-state index in [0.717, 1.165) is 16.7 Å². The second kappa shape index (κ2) is 11.7. The fourth-order valence-electron chi connectivity index (χ4n) is 4.58. The van der Waals surface area contributed by atoms with Crippen molar-refractivity contribution in [1.29, 1.82) is 0 Å². The number of urea groups is 1. The molecule has 4 aromatic carbocycles. The van der Waals surface area contributed by atoms with Crippen molar-refractivity contribution in [2.75, 3.05) is 18.7 Å². The molecule has 1 aliphatic rings. The number of anilines is 1. The summed E-state index contributed by atoms with van der Waals surface area (Å²) in [5, 5.41) is 2.58. The van der Waals surface area contributed by atoms with E-state index in [4.69, 9.17) is 9.47 Å². The number of carbonyl (C=O) groups is 2. The summed E-state index contributed by atoms with van der Waals surface area (Å²) in [6, 6.07) is 26.8. The summed E-state index contributed by atoms with van der Waals surface area (Å²) >= 11 is 0. The molecule has 5 rings (SSSR count). The third-order valence-electron chi connectivity index (χ3n) is 6.79. The van der Waals surface area contributed by atoms with Gasteiger partial charge in [0.2, 0.25) is 12.7 Å². The number of rotatable bonds is 8. The molecule has 0 radical (unpaired) electrons. The van der Waals surface area contributed by atoms with Gasteiger partial charge < -0.3 is 19.7 Å². The van der Waals surface area contributed by atoms with E-state index in [9.17, 15) is 18.0 Å². The second-order valence-electron chi connectivity index (χ2n) is 9.60. The van der Waals surface area contributed by atoms with Crippen LogP contribution < -0.4 is 24.4 Å². The molecular weight excluding hydrogens is 542 g/mol. The smallest absolute Gasteiger partial charge is 0.329 e. The summed E-state index contributed by atoms with van der Waals surface area (Å²) in [6.07, 6.45) is 0.126. The van der Waals surface area contributed by atoms with Crippen LogP contribution in [0.3, 0.4) is 0 Å². The summed E-state index contributed by atoms with van der Waals surface area (Å²) < 4.78 is 38.7. The van der Waals surface area contributed by atoms with Gasteiger partial charge in [-0.2, -0.15) is 0 Å². The van der Waals surface area contributed by atoms with Crippen molar-refractivity contribution in [3.8, 4) is 22.6 Å². The summed E-state index contributed by atoms with van der Waals surface area (Å²) in [7, 11) is -2.59. The maximum atomic E-state index is 13.7. The predicted octanol–water partition coefficient (Wildman–Crippen LogP) is 4.65. The first-order chi connectivity index (χ1) is 19.7. The van der Waals surface area contributed by atoms with Gasteiger partial charge in [-0.3, -0.25) is 4.79 Å². The highest BCUT2D eigenvalue weighted by atomic mass is 32.2. The Balaban J connectivity index is 1.38. The number of fused-ring (bicyclic) bond motifs is 1. The van der Waals surface area contributed by atoms with E-state index in [2.05, 4.69) is 5.32 Å². The molecule has 4 aromatic rings. The zero-order valence-corrected chi connectivity index (χ0v) is 23.4. The van der Waals surface area contributed by atoms with Gasteiger partial charge in [0.05, 0.1) is 4.90 Å². The van der Waals surface area contributed by atoms with Gasteiger partial charge in [-0.1, -0.05) is 72.8 Å². The number of nitrogens with one attached hydrogen (secondary N) is 2. The average Bonchev–Trinajstić information content (AvgIpc) is 3.45. The molecule has 41 heavy (non-hydrogen) atoms. The van der Waals surface area contributed by atoms with Crippen molar-refractivity contribution < 1.29 is 27.5 Å². The lowest BCUT2D eigenvalue weighted by molar-refractivity contribution is -0.120. The predicted molar refractivity (Wildman–Crippen MR) is 155 cm³/mol. The molecule has 0 fully saturated rings. The van der Waals surface area contributed by atoms with E-state index in [1.807, 2.05) is 59.3 Å². The molecule has 0 saturated heterocycles. The van der Waals surface area contributed by atoms with Crippen LogP contribution in [0, 0.1) is 6.92 Å². The Labute approximate surface area is 238 Å². The van der Waals surface area contributed by atoms with Gasteiger partial charge in [-0.25, -0.2) is 17.9 Å². The molecule has 210 valence electrons. The lowest BCUT2D eigenvalue weighted by atomic mass is 10.00. The number of aryl methyl sites for hydroxylation is 1. The van der Waals surface area contributed by atoms with E-state index >= 15 is 0 Å². The Hall–Kier alpha value is -4.83. The minimum Gasteiger partial charge on any atom is -0.454 e. The van der Waals surface area contributed by atoms with Crippen LogP contribution in [0.15, 0.2) is 102 Å². The van der Waals surface area contributed by atoms with Crippen LogP contribution in [0.2, 0.25) is 0 Å². The molecule has 0 saturated carbocycles. The molecule has 9 nitrogen and oxygen atoms in total. The topological polar surface area (TPSA) is 114 Å². The third-order valence-corrected chi connectivity index (χ3v) is 8.28. The van der Waals surface area contributed by atoms with Crippen molar-refractivity contribution in [3.63, 3.8) is 0 Å². The van der Waals surface area contributed by atoms with Crippen molar-refractivity contribution >= 4 is 27.6 Å². The minimum absolute atomic E-state index is 0.0213. The Morgan fingerprint density at radius 2 is 1.51 bits per heavy atom. The van der Waals surface area contributed by atoms with Gasteiger partial charge in [0.15, 0.2) is 11.5 Å². The Morgan fingerprint density at radius 3 is 2.24 bits per heavy atom. The zero-order chi connectivity index (χ0) is 29.0. The van der Waals surface area contributed by atoms with Crippen molar-refractivity contribution in [2.24, 2.45) is 0 Å². The number of sulfonamides is 1. The van der Waals surface area contributed by atoms with Crippen LogP contribution in [0.1, 0.15) is 11.1 Å². The molecule has 0 unspecified atom stereocenters. The summed E-state index contributed by atoms with van der Waals surface area (Å²) in [5.41, 5.74) is 3.85. The molecule has 1 aliphatic heterocycles. The number of carbonyl (C=O) groups excluding carboxylic acids is 2. The molecule has 0 bridgehead atoms. The van der Waals surface area contributed by atoms with Crippen molar-refractivity contribution in [1.82, 2.24) is 10.0 Å². The largest absolute Gasteiger partial charge is 0.454 e. The molecule has 0 spiro atoms. The average molecular weight is 572 g/mol. The molecule has 10 heteroatoms. The van der Waals surface area contributed by atoms with Crippen LogP contribution in [0.4, 0.5) is 10.5 Å². The van der Waals surface area contributed by atoms with Crippen LogP contribution >= 0.6 is 0 Å². The summed E-state index contributed by atoms with van der Waals surface area (Å²) in [5.74, 6) is 0.633. The highest BCUT2D eigenvalue weighted by molar-refractivity contribution is 7.90. The molecule has 2 N–H and O–H groups in total. The summed E-state index contributed by atoms with van der Waals surface area (Å²) in [6.45, 7) is 1.73. The monoisotopic (exact) mass is 571 g/mol. The number of hydrogen-bond acceptors (Lipinski definition) is 6. The SMILES string of the molecule is Cc1ccccc1S(=O)(=O)NC(=O)N[C@@H](Cc1ccc(-c2ccccc2)cc1)C(=O)N(C)c1ccc2c(c1)OCO2. The quantitative estimate of drug-likeness (QED) is 0.318. The van der Waals surface area contributed by atoms with Gasteiger partial charge in [0.1, 0.15) is 6.04 Å². The normalized spacial score (nSPS) is 12.8. The molecule has 0 aliphatic carbocycles. The standard InChI is InChI=1S/C31H29N3O6S/c1-21-8-6-7-11-29(21)41(37,38)33-31(36)32-26(18-22-12-14-24(15-13-22)23-9-4-3-5-10-23)30(35)34(2)25-16-17-27-28(19-25)40-20-39-27/h3-17,19,26H,18,20H2,1-2H3,(H2,32,33,36)/t26-/m0/s1. The minimum atomic E-state index is -4.17. The van der Waals surface area contributed by atoms with Crippen LogP contribution in [0.25, 0.3) is 11.1 Å². The number of nitrogens with zero attached hydrogens (tertiary/aromatic N) is 1. The zero-order valence-electron chi connectivity index (χ0n) is 22.5. The van der Waals surface area contributed by atoms with E-state index in [0.29, 0.717) is 22.7 Å². The first-order valence-electron chi connectivity index (χ1n) is 12.9. The van der Waals surface area contributed by atoms with Gasteiger partial charge in [-0.15, -0.1) is 0 Å². The highest BCUT2D eigenvalue weighted by Crippen LogP contribution is 2.35. The lowest BCUT2D eigenvalue weighted by Gasteiger charge is -2.25. The van der Waals surface area contributed by atoms with Crippen LogP contribution in [-0.4, -0.2) is 40.2 Å². The van der Waals surface area contributed by atoms with E-state index in [1.54, 1.807) is 50.4 Å². The van der Waals surface area contributed by atoms with Gasteiger partial charge in [-0.05, 0) is 47.4 Å². The number of likely N-dealkylation sites (N-methyl/N-ethyl adjacent to an activating group) is 1. The van der Waals surface area contributed by atoms with Crippen molar-refractivity contribution in [3.05, 3.63) is 108 Å². The molecule has 0 aromatic heterocycles. The Morgan fingerprint density at radius 1 is 0.854 bits per heavy atom. The highest BCUT2D eigenvalue weighted by Gasteiger charge is 2.28. The van der Waals surface area contributed by atoms with Gasteiger partial charge in [0.25, 0.3) is 10.0 Å². The molecular formula is C31H29N3O6S. The van der Waals surface area contributed by atoms with E-state index < -0.39 is 28.0 Å². The maximum absolute atomic E-state index is 13.7. The molecule has 1 atom stereocenters. The number of ether oxygens (including phenoxy) is 2. The van der Waals surface area contributed by atoms with E-state index in [1.165, 1.54) is 11.0 Å². The van der Waals surface area contributed by atoms with Gasteiger partial charge >= 0.3 is 6.03 Å². The van der Waals surface area contributed by atoms with Crippen molar-refractivity contribution in [2.45, 2.75) is 24.3 Å². The summed E-state index contributed by atoms with van der Waals surface area (Å²) in [4.78, 5) is 28.1. The maximum Gasteiger partial charge on any atom is 0.329 e. The number of hydrogen-bond donors (Lipinski definition) is 2. The fraction of sp³-hybridized carbons (Fsp3) is 0.161. The Bertz CT molecular complexity index is 1670. The second-order valence-corrected chi connectivity index (χ2v) is 11.2. The molecule has 3 amide bonds. The third kappa shape index (κ3) is 6.33. The van der Waals surface area contributed by atoms with Crippen LogP contribution in [-0.2, 0) is 21.2 Å². The Kier molecular flexibility index (Phi) is 7.93. The van der Waals surface area contributed by atoms with E-state index in [-0.39, 0.29) is 18.1 Å². The number of benzene rings is 4. The first kappa shape index (κ1) is 27.7. The first-order valence-corrected chi connectivity index (χ1v) is 14.4.